The summed E-state index contributed by atoms with van der Waals surface area (Å²) in [7, 11) is -3.50. The average molecular weight is 624 g/mol. The van der Waals surface area contributed by atoms with Crippen LogP contribution < -0.4 is 5.32 Å². The molecule has 0 saturated carbocycles. The van der Waals surface area contributed by atoms with Gasteiger partial charge in [0.05, 0.1) is 4.90 Å². The minimum absolute atomic E-state index is 0.133. The molecule has 1 saturated heterocycles. The van der Waals surface area contributed by atoms with E-state index in [4.69, 9.17) is 0 Å². The van der Waals surface area contributed by atoms with Crippen molar-refractivity contribution in [3.8, 4) is 0 Å². The van der Waals surface area contributed by atoms with Crippen LogP contribution in [0.2, 0.25) is 0 Å². The normalized spacial score (nSPS) is 14.1. The molecular formula is C37H41N3O4S. The molecular weight excluding hydrogens is 582 g/mol. The lowest BCUT2D eigenvalue weighted by molar-refractivity contribution is -0.141. The molecule has 8 heteroatoms. The van der Waals surface area contributed by atoms with Gasteiger partial charge in [0.25, 0.3) is 0 Å². The van der Waals surface area contributed by atoms with Gasteiger partial charge in [-0.05, 0) is 60.1 Å². The highest BCUT2D eigenvalue weighted by molar-refractivity contribution is 7.89. The monoisotopic (exact) mass is 623 g/mol. The number of amides is 2. The number of nitrogens with zero attached hydrogens (tertiary/aromatic N) is 2. The number of hydrogen-bond acceptors (Lipinski definition) is 4. The van der Waals surface area contributed by atoms with Crippen LogP contribution in [0.3, 0.4) is 0 Å². The molecule has 1 unspecified atom stereocenters. The lowest BCUT2D eigenvalue weighted by atomic mass is 10.0. The van der Waals surface area contributed by atoms with Gasteiger partial charge in [0.2, 0.25) is 21.8 Å². The topological polar surface area (TPSA) is 86.8 Å². The fourth-order valence-corrected chi connectivity index (χ4v) is 7.24. The first-order chi connectivity index (χ1) is 21.9. The van der Waals surface area contributed by atoms with Gasteiger partial charge in [-0.2, -0.15) is 4.31 Å². The van der Waals surface area contributed by atoms with E-state index >= 15 is 0 Å². The summed E-state index contributed by atoms with van der Waals surface area (Å²) in [4.78, 5) is 29.8. The van der Waals surface area contributed by atoms with Crippen LogP contribution >= 0.6 is 0 Å². The third-order valence-corrected chi connectivity index (χ3v) is 10.2. The van der Waals surface area contributed by atoms with Crippen LogP contribution in [0.25, 0.3) is 0 Å². The number of hydrogen-bond donors (Lipinski definition) is 1. The van der Waals surface area contributed by atoms with Crippen molar-refractivity contribution >= 4 is 21.8 Å². The molecule has 0 aromatic heterocycles. The highest BCUT2D eigenvalue weighted by Gasteiger charge is 2.30. The van der Waals surface area contributed by atoms with E-state index in [0.29, 0.717) is 45.4 Å². The molecule has 1 aliphatic heterocycles. The van der Waals surface area contributed by atoms with E-state index < -0.39 is 16.1 Å². The number of carbonyl (C=O) groups excluding carboxylic acids is 2. The first-order valence-electron chi connectivity index (χ1n) is 15.7. The molecule has 4 aromatic carbocycles. The molecule has 0 aliphatic carbocycles. The molecule has 0 spiro atoms. The van der Waals surface area contributed by atoms with Crippen molar-refractivity contribution in [2.24, 2.45) is 0 Å². The lowest BCUT2D eigenvalue weighted by Gasteiger charge is -2.31. The number of carbonyl (C=O) groups is 2. The van der Waals surface area contributed by atoms with Crippen molar-refractivity contribution in [3.63, 3.8) is 0 Å². The molecule has 4 aromatic rings. The van der Waals surface area contributed by atoms with Gasteiger partial charge in [-0.25, -0.2) is 8.42 Å². The Morgan fingerprint density at radius 1 is 0.689 bits per heavy atom. The second kappa shape index (κ2) is 15.6. The van der Waals surface area contributed by atoms with E-state index in [2.05, 4.69) is 5.32 Å². The number of sulfonamides is 1. The smallest absolute Gasteiger partial charge is 0.243 e. The molecule has 5 rings (SSSR count). The molecule has 0 bridgehead atoms. The molecule has 2 amide bonds. The van der Waals surface area contributed by atoms with E-state index in [0.717, 1.165) is 35.1 Å². The zero-order valence-corrected chi connectivity index (χ0v) is 26.4. The number of nitrogens with one attached hydrogen (secondary N) is 1. The summed E-state index contributed by atoms with van der Waals surface area (Å²) in [6.45, 7) is 1.88. The maximum Gasteiger partial charge on any atom is 0.243 e. The summed E-state index contributed by atoms with van der Waals surface area (Å²) in [5, 5.41) is 3.10. The maximum atomic E-state index is 14.0. The van der Waals surface area contributed by atoms with E-state index in [9.17, 15) is 18.0 Å². The van der Waals surface area contributed by atoms with Gasteiger partial charge in [-0.15, -0.1) is 0 Å². The van der Waals surface area contributed by atoms with Crippen molar-refractivity contribution in [1.29, 1.82) is 0 Å². The Bertz CT molecular complexity index is 1620. The Labute approximate surface area is 266 Å². The summed E-state index contributed by atoms with van der Waals surface area (Å²) in [5.41, 5.74) is 3.92. The molecule has 1 heterocycles. The van der Waals surface area contributed by atoms with Crippen molar-refractivity contribution in [2.75, 3.05) is 19.6 Å². The third kappa shape index (κ3) is 8.90. The SMILES string of the molecule is O=C(NCCc1ccccc1)C(Cc1ccccc1)N(Cc1ccccc1)C(=O)CCc1ccc(S(=O)(=O)N2CCCC2)cc1. The van der Waals surface area contributed by atoms with E-state index in [1.807, 2.05) is 91.0 Å². The Kier molecular flexibility index (Phi) is 11.2. The van der Waals surface area contributed by atoms with E-state index in [1.165, 1.54) is 4.31 Å². The first-order valence-corrected chi connectivity index (χ1v) is 17.1. The Hall–Kier alpha value is -4.27. The van der Waals surface area contributed by atoms with Crippen LogP contribution in [0.5, 0.6) is 0 Å². The molecule has 1 atom stereocenters. The molecule has 1 fully saturated rings. The van der Waals surface area contributed by atoms with Gasteiger partial charge in [0.1, 0.15) is 6.04 Å². The minimum atomic E-state index is -3.50. The van der Waals surface area contributed by atoms with Gasteiger partial charge in [-0.1, -0.05) is 103 Å². The average Bonchev–Trinajstić information content (AvgIpc) is 3.63. The Balaban J connectivity index is 1.33. The Morgan fingerprint density at radius 3 is 1.82 bits per heavy atom. The van der Waals surface area contributed by atoms with Crippen molar-refractivity contribution < 1.29 is 18.0 Å². The van der Waals surface area contributed by atoms with Crippen LogP contribution in [0.1, 0.15) is 41.5 Å². The van der Waals surface area contributed by atoms with Gasteiger partial charge in [-0.3, -0.25) is 9.59 Å². The molecule has 45 heavy (non-hydrogen) atoms. The number of aryl methyl sites for hydroxylation is 1. The van der Waals surface area contributed by atoms with Crippen LogP contribution in [0.4, 0.5) is 0 Å². The predicted molar refractivity (Wildman–Crippen MR) is 177 cm³/mol. The zero-order chi connectivity index (χ0) is 31.5. The van der Waals surface area contributed by atoms with Crippen LogP contribution in [-0.2, 0) is 45.4 Å². The summed E-state index contributed by atoms with van der Waals surface area (Å²) in [5.74, 6) is -0.317. The fourth-order valence-electron chi connectivity index (χ4n) is 5.73. The predicted octanol–water partition coefficient (Wildman–Crippen LogP) is 5.40. The summed E-state index contributed by atoms with van der Waals surface area (Å²) in [6.07, 6.45) is 3.47. The minimum Gasteiger partial charge on any atom is -0.354 e. The molecule has 1 N–H and O–H groups in total. The number of benzene rings is 4. The van der Waals surface area contributed by atoms with Gasteiger partial charge < -0.3 is 10.2 Å². The molecule has 1 aliphatic rings. The summed E-state index contributed by atoms with van der Waals surface area (Å²) >= 11 is 0. The summed E-state index contributed by atoms with van der Waals surface area (Å²) in [6, 6.07) is 35.6. The molecule has 234 valence electrons. The third-order valence-electron chi connectivity index (χ3n) is 8.28. The van der Waals surface area contributed by atoms with Crippen molar-refractivity contribution in [3.05, 3.63) is 138 Å². The highest BCUT2D eigenvalue weighted by Crippen LogP contribution is 2.22. The second-order valence-electron chi connectivity index (χ2n) is 11.5. The van der Waals surface area contributed by atoms with E-state index in [1.54, 1.807) is 29.2 Å². The molecule has 7 nitrogen and oxygen atoms in total. The highest BCUT2D eigenvalue weighted by atomic mass is 32.2. The Morgan fingerprint density at radius 2 is 1.22 bits per heavy atom. The fraction of sp³-hybridized carbons (Fsp3) is 0.297. The van der Waals surface area contributed by atoms with Crippen molar-refractivity contribution in [2.45, 2.75) is 56.0 Å². The quantitative estimate of drug-likeness (QED) is 0.204. The second-order valence-corrected chi connectivity index (χ2v) is 13.4. The van der Waals surface area contributed by atoms with Crippen molar-refractivity contribution in [1.82, 2.24) is 14.5 Å². The maximum absolute atomic E-state index is 14.0. The van der Waals surface area contributed by atoms with Gasteiger partial charge in [0, 0.05) is 39.0 Å². The lowest BCUT2D eigenvalue weighted by Crippen LogP contribution is -2.50. The largest absolute Gasteiger partial charge is 0.354 e. The van der Waals surface area contributed by atoms with Gasteiger partial charge in [0.15, 0.2) is 0 Å². The van der Waals surface area contributed by atoms with Crippen LogP contribution in [-0.4, -0.2) is 55.1 Å². The zero-order valence-electron chi connectivity index (χ0n) is 25.6. The van der Waals surface area contributed by atoms with Gasteiger partial charge >= 0.3 is 0 Å². The molecule has 0 radical (unpaired) electrons. The standard InChI is InChI=1S/C37H41N3O4S/c41-36(23-20-31-18-21-34(22-19-31)45(43,44)39-26-10-11-27-39)40(29-33-16-8-3-9-17-33)35(28-32-14-6-2-7-15-32)37(42)38-25-24-30-12-4-1-5-13-30/h1-9,12-19,21-22,35H,10-11,20,23-29H2,(H,38,42). The van der Waals surface area contributed by atoms with Crippen LogP contribution in [0, 0.1) is 0 Å². The summed E-state index contributed by atoms with van der Waals surface area (Å²) < 4.78 is 27.4. The number of rotatable bonds is 14. The first kappa shape index (κ1) is 32.1. The van der Waals surface area contributed by atoms with E-state index in [-0.39, 0.29) is 23.1 Å². The van der Waals surface area contributed by atoms with Crippen LogP contribution in [0.15, 0.2) is 120 Å².